The summed E-state index contributed by atoms with van der Waals surface area (Å²) >= 11 is 0. The van der Waals surface area contributed by atoms with Crippen molar-refractivity contribution in [3.63, 3.8) is 0 Å². The first-order chi connectivity index (χ1) is 11.9. The van der Waals surface area contributed by atoms with Crippen molar-refractivity contribution in [1.29, 1.82) is 0 Å². The Bertz CT molecular complexity index is 893. The van der Waals surface area contributed by atoms with E-state index in [9.17, 15) is 13.2 Å². The van der Waals surface area contributed by atoms with Gasteiger partial charge in [0.05, 0.1) is 10.8 Å². The molecule has 1 aliphatic rings. The summed E-state index contributed by atoms with van der Waals surface area (Å²) in [7, 11) is -0.603. The molecule has 0 radical (unpaired) electrons. The van der Waals surface area contributed by atoms with Crippen LogP contribution in [0.2, 0.25) is 0 Å². The highest BCUT2D eigenvalue weighted by atomic mass is 32.2. The number of para-hydroxylation sites is 1. The zero-order valence-electron chi connectivity index (χ0n) is 14.1. The molecule has 25 heavy (non-hydrogen) atoms. The molecule has 1 heterocycles. The van der Waals surface area contributed by atoms with Gasteiger partial charge in [0.2, 0.25) is 15.9 Å². The Kier molecular flexibility index (Phi) is 4.78. The maximum Gasteiger partial charge on any atom is 0.242 e. The van der Waals surface area contributed by atoms with Crippen LogP contribution >= 0.6 is 0 Å². The smallest absolute Gasteiger partial charge is 0.242 e. The summed E-state index contributed by atoms with van der Waals surface area (Å²) < 4.78 is 31.2. The Hall–Kier alpha value is -2.38. The lowest BCUT2D eigenvalue weighted by atomic mass is 9.96. The molecular formula is C18H20N2O4S. The van der Waals surface area contributed by atoms with Crippen molar-refractivity contribution < 1.29 is 17.9 Å². The number of nitrogens with one attached hydrogen (secondary N) is 1. The molecule has 7 heteroatoms. The standard InChI is InChI=1S/C18H20N2O4S/c1-20(2)25(22,23)16-8-5-7-15(11-16)19-18(21)14-10-13-6-3-4-9-17(13)24-12-14/h3-9,11,14H,10,12H2,1-2H3,(H,19,21). The number of rotatable bonds is 4. The van der Waals surface area contributed by atoms with E-state index in [-0.39, 0.29) is 16.7 Å². The van der Waals surface area contributed by atoms with E-state index < -0.39 is 10.0 Å². The number of anilines is 1. The molecule has 0 bridgehead atoms. The highest BCUT2D eigenvalue weighted by Crippen LogP contribution is 2.27. The van der Waals surface area contributed by atoms with Crippen molar-refractivity contribution in [2.45, 2.75) is 11.3 Å². The van der Waals surface area contributed by atoms with Gasteiger partial charge in [-0.25, -0.2) is 12.7 Å². The molecule has 0 fully saturated rings. The highest BCUT2D eigenvalue weighted by Gasteiger charge is 2.26. The third-order valence-corrected chi connectivity index (χ3v) is 5.94. The van der Waals surface area contributed by atoms with E-state index in [0.29, 0.717) is 18.7 Å². The van der Waals surface area contributed by atoms with Gasteiger partial charge in [0.25, 0.3) is 0 Å². The van der Waals surface area contributed by atoms with Crippen LogP contribution in [0.1, 0.15) is 5.56 Å². The van der Waals surface area contributed by atoms with E-state index in [0.717, 1.165) is 15.6 Å². The van der Waals surface area contributed by atoms with E-state index >= 15 is 0 Å². The maximum atomic E-state index is 12.5. The summed E-state index contributed by atoms with van der Waals surface area (Å²) in [5, 5.41) is 2.79. The largest absolute Gasteiger partial charge is 0.492 e. The van der Waals surface area contributed by atoms with Crippen molar-refractivity contribution >= 4 is 21.6 Å². The minimum Gasteiger partial charge on any atom is -0.492 e. The molecule has 2 aromatic rings. The van der Waals surface area contributed by atoms with E-state index in [1.54, 1.807) is 12.1 Å². The van der Waals surface area contributed by atoms with Crippen LogP contribution in [0.15, 0.2) is 53.4 Å². The lowest BCUT2D eigenvalue weighted by Crippen LogP contribution is -2.32. The van der Waals surface area contributed by atoms with Gasteiger partial charge in [0.1, 0.15) is 12.4 Å². The number of amides is 1. The third-order valence-electron chi connectivity index (χ3n) is 4.13. The van der Waals surface area contributed by atoms with Crippen LogP contribution in [0.4, 0.5) is 5.69 Å². The van der Waals surface area contributed by atoms with Crippen LogP contribution in [0.5, 0.6) is 5.75 Å². The van der Waals surface area contributed by atoms with Gasteiger partial charge < -0.3 is 10.1 Å². The number of benzene rings is 2. The number of nitrogens with zero attached hydrogens (tertiary/aromatic N) is 1. The summed E-state index contributed by atoms with van der Waals surface area (Å²) in [5.41, 5.74) is 1.45. The predicted octanol–water partition coefficient (Wildman–Crippen LogP) is 2.13. The summed E-state index contributed by atoms with van der Waals surface area (Å²) in [5.74, 6) is 0.309. The maximum absolute atomic E-state index is 12.5. The Labute approximate surface area is 147 Å². The van der Waals surface area contributed by atoms with Crippen LogP contribution in [-0.2, 0) is 21.2 Å². The summed E-state index contributed by atoms with van der Waals surface area (Å²) in [6.07, 6.45) is 0.595. The average molecular weight is 360 g/mol. The van der Waals surface area contributed by atoms with Crippen molar-refractivity contribution in [2.75, 3.05) is 26.0 Å². The van der Waals surface area contributed by atoms with Crippen LogP contribution in [-0.4, -0.2) is 39.3 Å². The minimum absolute atomic E-state index is 0.139. The highest BCUT2D eigenvalue weighted by molar-refractivity contribution is 7.89. The molecule has 0 saturated carbocycles. The number of sulfonamides is 1. The second-order valence-electron chi connectivity index (χ2n) is 6.12. The lowest BCUT2D eigenvalue weighted by molar-refractivity contribution is -0.121. The minimum atomic E-state index is -3.54. The molecule has 1 amide bonds. The molecule has 0 aromatic heterocycles. The third kappa shape index (κ3) is 3.67. The second kappa shape index (κ2) is 6.85. The Balaban J connectivity index is 1.74. The summed E-state index contributed by atoms with van der Waals surface area (Å²) in [6, 6.07) is 13.9. The van der Waals surface area contributed by atoms with Gasteiger partial charge in [-0.3, -0.25) is 4.79 Å². The van der Waals surface area contributed by atoms with E-state index in [4.69, 9.17) is 4.74 Å². The van der Waals surface area contributed by atoms with Gasteiger partial charge in [0, 0.05) is 19.8 Å². The number of ether oxygens (including phenoxy) is 1. The fraction of sp³-hybridized carbons (Fsp3) is 0.278. The topological polar surface area (TPSA) is 75.7 Å². The van der Waals surface area contributed by atoms with Crippen LogP contribution in [0.25, 0.3) is 0 Å². The molecule has 3 rings (SSSR count). The van der Waals surface area contributed by atoms with Crippen molar-refractivity contribution in [3.8, 4) is 5.75 Å². The van der Waals surface area contributed by atoms with Gasteiger partial charge >= 0.3 is 0 Å². The SMILES string of the molecule is CN(C)S(=O)(=O)c1cccc(NC(=O)C2COc3ccccc3C2)c1. The Morgan fingerprint density at radius 1 is 1.16 bits per heavy atom. The van der Waals surface area contributed by atoms with Crippen molar-refractivity contribution in [1.82, 2.24) is 4.31 Å². The lowest BCUT2D eigenvalue weighted by Gasteiger charge is -2.24. The summed E-state index contributed by atoms with van der Waals surface area (Å²) in [4.78, 5) is 12.7. The molecule has 2 aromatic carbocycles. The fourth-order valence-electron chi connectivity index (χ4n) is 2.69. The molecule has 6 nitrogen and oxygen atoms in total. The molecule has 0 aliphatic carbocycles. The molecule has 1 N–H and O–H groups in total. The second-order valence-corrected chi connectivity index (χ2v) is 8.28. The van der Waals surface area contributed by atoms with E-state index in [1.807, 2.05) is 24.3 Å². The van der Waals surface area contributed by atoms with Crippen LogP contribution in [0.3, 0.4) is 0 Å². The van der Waals surface area contributed by atoms with E-state index in [1.165, 1.54) is 26.2 Å². The average Bonchev–Trinajstić information content (AvgIpc) is 2.61. The fourth-order valence-corrected chi connectivity index (χ4v) is 3.63. The normalized spacial score (nSPS) is 16.8. The molecule has 0 spiro atoms. The number of carbonyl (C=O) groups excluding carboxylic acids is 1. The zero-order valence-corrected chi connectivity index (χ0v) is 14.9. The first-order valence-electron chi connectivity index (χ1n) is 7.92. The van der Waals surface area contributed by atoms with Crippen molar-refractivity contribution in [2.24, 2.45) is 5.92 Å². The van der Waals surface area contributed by atoms with Crippen LogP contribution in [0, 0.1) is 5.92 Å². The Morgan fingerprint density at radius 3 is 2.68 bits per heavy atom. The number of hydrogen-bond donors (Lipinski definition) is 1. The number of hydrogen-bond acceptors (Lipinski definition) is 4. The molecule has 1 atom stereocenters. The van der Waals surface area contributed by atoms with Gasteiger partial charge in [-0.1, -0.05) is 24.3 Å². The first-order valence-corrected chi connectivity index (χ1v) is 9.36. The molecule has 1 unspecified atom stereocenters. The van der Waals surface area contributed by atoms with E-state index in [2.05, 4.69) is 5.32 Å². The van der Waals surface area contributed by atoms with Gasteiger partial charge in [-0.15, -0.1) is 0 Å². The van der Waals surface area contributed by atoms with Gasteiger partial charge in [-0.2, -0.15) is 0 Å². The molecule has 0 saturated heterocycles. The van der Waals surface area contributed by atoms with Crippen molar-refractivity contribution in [3.05, 3.63) is 54.1 Å². The van der Waals surface area contributed by atoms with Crippen LogP contribution < -0.4 is 10.1 Å². The number of carbonyl (C=O) groups is 1. The number of fused-ring (bicyclic) bond motifs is 1. The monoisotopic (exact) mass is 360 g/mol. The first kappa shape index (κ1) is 17.4. The zero-order chi connectivity index (χ0) is 18.0. The molecule has 132 valence electrons. The predicted molar refractivity (Wildman–Crippen MR) is 95.1 cm³/mol. The summed E-state index contributed by atoms with van der Waals surface area (Å²) in [6.45, 7) is 0.304. The quantitative estimate of drug-likeness (QED) is 0.906. The van der Waals surface area contributed by atoms with Gasteiger partial charge in [0.15, 0.2) is 0 Å². The molecular weight excluding hydrogens is 340 g/mol. The van der Waals surface area contributed by atoms with Gasteiger partial charge in [-0.05, 0) is 36.2 Å². The molecule has 1 aliphatic heterocycles. The Morgan fingerprint density at radius 2 is 1.92 bits per heavy atom.